The van der Waals surface area contributed by atoms with Crippen LogP contribution in [0.25, 0.3) is 55.3 Å². The van der Waals surface area contributed by atoms with Gasteiger partial charge in [-0.1, -0.05) is 127 Å². The third-order valence-electron chi connectivity index (χ3n) is 9.03. The van der Waals surface area contributed by atoms with E-state index in [1.54, 1.807) is 0 Å². The van der Waals surface area contributed by atoms with E-state index in [1.165, 1.54) is 72.2 Å². The Labute approximate surface area is 251 Å². The Morgan fingerprint density at radius 2 is 1.09 bits per heavy atom. The lowest BCUT2D eigenvalue weighted by atomic mass is 9.92. The molecule has 202 valence electrons. The maximum absolute atomic E-state index is 3.73. The Morgan fingerprint density at radius 3 is 1.93 bits per heavy atom. The number of hydrogen-bond donors (Lipinski definition) is 1. The summed E-state index contributed by atoms with van der Waals surface area (Å²) in [6.07, 6.45) is 0.0442. The first-order valence-corrected chi connectivity index (χ1v) is 14.9. The van der Waals surface area contributed by atoms with Crippen LogP contribution in [0.4, 0.5) is 17.1 Å². The summed E-state index contributed by atoms with van der Waals surface area (Å²) in [6, 6.07) is 57.3. The van der Waals surface area contributed by atoms with E-state index in [4.69, 9.17) is 0 Å². The molecule has 9 rings (SSSR count). The van der Waals surface area contributed by atoms with Crippen LogP contribution in [0.3, 0.4) is 0 Å². The number of nitrogens with zero attached hydrogens (tertiary/aromatic N) is 1. The molecule has 7 aromatic carbocycles. The predicted octanol–water partition coefficient (Wildman–Crippen LogP) is 11.1. The molecule has 0 saturated heterocycles. The van der Waals surface area contributed by atoms with E-state index in [1.807, 2.05) is 0 Å². The molecule has 1 N–H and O–H groups in total. The summed E-state index contributed by atoms with van der Waals surface area (Å²) in [5, 5.41) is 6.41. The van der Waals surface area contributed by atoms with Gasteiger partial charge in [0.1, 0.15) is 6.17 Å². The molecule has 0 bridgehead atoms. The van der Waals surface area contributed by atoms with E-state index < -0.39 is 0 Å². The number of nitrogens with one attached hydrogen (secondary N) is 1. The third kappa shape index (κ3) is 3.73. The molecule has 2 heteroatoms. The van der Waals surface area contributed by atoms with Gasteiger partial charge in [-0.05, 0) is 91.2 Å². The summed E-state index contributed by atoms with van der Waals surface area (Å²) in [5.74, 6) is 0. The molecule has 0 amide bonds. The van der Waals surface area contributed by atoms with Crippen molar-refractivity contribution in [2.45, 2.75) is 6.17 Å². The third-order valence-corrected chi connectivity index (χ3v) is 9.03. The summed E-state index contributed by atoms with van der Waals surface area (Å²) in [4.78, 5) is 2.40. The molecule has 2 nitrogen and oxygen atoms in total. The van der Waals surface area contributed by atoms with Crippen LogP contribution in [-0.2, 0) is 0 Å². The summed E-state index contributed by atoms with van der Waals surface area (Å²) in [5.41, 5.74) is 15.0. The Morgan fingerprint density at radius 1 is 0.442 bits per heavy atom. The Balaban J connectivity index is 1.09. The topological polar surface area (TPSA) is 15.3 Å². The van der Waals surface area contributed by atoms with Gasteiger partial charge in [-0.25, -0.2) is 0 Å². The van der Waals surface area contributed by atoms with Gasteiger partial charge in [0.05, 0.1) is 11.4 Å². The molecular formula is C41H28N2. The fourth-order valence-corrected chi connectivity index (χ4v) is 7.05. The largest absolute Gasteiger partial charge is 0.359 e. The van der Waals surface area contributed by atoms with Crippen LogP contribution in [-0.4, -0.2) is 0 Å². The summed E-state index contributed by atoms with van der Waals surface area (Å²) in [6.45, 7) is 0. The predicted molar refractivity (Wildman–Crippen MR) is 181 cm³/mol. The maximum Gasteiger partial charge on any atom is 0.130 e. The van der Waals surface area contributed by atoms with E-state index in [9.17, 15) is 0 Å². The summed E-state index contributed by atoms with van der Waals surface area (Å²) >= 11 is 0. The SMILES string of the molecule is c1ccc(C2Nc3ccccc3N2c2ccc(-c3cccc(-c4ccc5c6c(cccc46)-c4ccccc4-5)c3)cc2)cc1. The van der Waals surface area contributed by atoms with Gasteiger partial charge >= 0.3 is 0 Å². The minimum Gasteiger partial charge on any atom is -0.359 e. The molecule has 1 atom stereocenters. The second-order valence-electron chi connectivity index (χ2n) is 11.4. The second kappa shape index (κ2) is 9.47. The van der Waals surface area contributed by atoms with Crippen LogP contribution < -0.4 is 10.2 Å². The van der Waals surface area contributed by atoms with Crippen molar-refractivity contribution >= 4 is 27.8 Å². The lowest BCUT2D eigenvalue weighted by Crippen LogP contribution is -2.23. The van der Waals surface area contributed by atoms with Gasteiger partial charge < -0.3 is 10.2 Å². The van der Waals surface area contributed by atoms with Crippen LogP contribution in [0.2, 0.25) is 0 Å². The van der Waals surface area contributed by atoms with E-state index >= 15 is 0 Å². The number of fused-ring (bicyclic) bond motifs is 4. The van der Waals surface area contributed by atoms with Gasteiger partial charge in [0.25, 0.3) is 0 Å². The highest BCUT2D eigenvalue weighted by Gasteiger charge is 2.30. The number of hydrogen-bond acceptors (Lipinski definition) is 2. The maximum atomic E-state index is 3.73. The molecule has 43 heavy (non-hydrogen) atoms. The highest BCUT2D eigenvalue weighted by Crippen LogP contribution is 2.49. The Bertz CT molecular complexity index is 2130. The first-order chi connectivity index (χ1) is 21.3. The number of anilines is 3. The summed E-state index contributed by atoms with van der Waals surface area (Å²) in [7, 11) is 0. The quantitative estimate of drug-likeness (QED) is 0.235. The molecule has 1 aliphatic carbocycles. The number of benzene rings is 7. The van der Waals surface area contributed by atoms with Crippen LogP contribution in [0.1, 0.15) is 11.7 Å². The molecular weight excluding hydrogens is 520 g/mol. The first-order valence-electron chi connectivity index (χ1n) is 14.9. The molecule has 0 aromatic heterocycles. The number of rotatable bonds is 4. The van der Waals surface area contributed by atoms with Crippen molar-refractivity contribution in [3.8, 4) is 44.5 Å². The fraction of sp³-hybridized carbons (Fsp3) is 0.0244. The monoisotopic (exact) mass is 548 g/mol. The van der Waals surface area contributed by atoms with Crippen LogP contribution in [0, 0.1) is 0 Å². The van der Waals surface area contributed by atoms with Gasteiger partial charge in [0.2, 0.25) is 0 Å². The summed E-state index contributed by atoms with van der Waals surface area (Å²) < 4.78 is 0. The lowest BCUT2D eigenvalue weighted by Gasteiger charge is -2.27. The minimum absolute atomic E-state index is 0.0442. The number of para-hydroxylation sites is 2. The van der Waals surface area contributed by atoms with Gasteiger partial charge in [-0.2, -0.15) is 0 Å². The standard InChI is InChI=1S/C41H28N2/c1-2-10-28(11-3-1)41-42-38-18-6-7-19-39(38)43(41)31-22-20-27(21-23-31)29-12-8-13-30(26-29)32-24-25-37-34-15-5-4-14-33(34)36-17-9-16-35(32)40(36)37/h1-26,41-42H. The molecule has 7 aromatic rings. The Hall–Kier alpha value is -5.60. The molecule has 0 saturated carbocycles. The van der Waals surface area contributed by atoms with Crippen molar-refractivity contribution in [2.75, 3.05) is 10.2 Å². The van der Waals surface area contributed by atoms with Crippen molar-refractivity contribution < 1.29 is 0 Å². The van der Waals surface area contributed by atoms with Crippen molar-refractivity contribution in [1.29, 1.82) is 0 Å². The molecule has 0 radical (unpaired) electrons. The van der Waals surface area contributed by atoms with Crippen molar-refractivity contribution in [1.82, 2.24) is 0 Å². The average molecular weight is 549 g/mol. The van der Waals surface area contributed by atoms with E-state index in [0.29, 0.717) is 0 Å². The average Bonchev–Trinajstić information content (AvgIpc) is 3.63. The molecule has 0 fully saturated rings. The van der Waals surface area contributed by atoms with Crippen LogP contribution >= 0.6 is 0 Å². The van der Waals surface area contributed by atoms with Gasteiger partial charge in [-0.3, -0.25) is 0 Å². The van der Waals surface area contributed by atoms with Crippen LogP contribution in [0.5, 0.6) is 0 Å². The van der Waals surface area contributed by atoms with Gasteiger partial charge in [0, 0.05) is 5.69 Å². The van der Waals surface area contributed by atoms with Crippen molar-refractivity contribution in [3.63, 3.8) is 0 Å². The normalized spacial score (nSPS) is 14.4. The fourth-order valence-electron chi connectivity index (χ4n) is 7.05. The van der Waals surface area contributed by atoms with Crippen molar-refractivity contribution in [3.05, 3.63) is 163 Å². The molecule has 1 aliphatic heterocycles. The highest BCUT2D eigenvalue weighted by atomic mass is 15.3. The lowest BCUT2D eigenvalue weighted by molar-refractivity contribution is 0.828. The highest BCUT2D eigenvalue weighted by molar-refractivity contribution is 6.18. The smallest absolute Gasteiger partial charge is 0.130 e. The van der Waals surface area contributed by atoms with Gasteiger partial charge in [0.15, 0.2) is 0 Å². The Kier molecular flexibility index (Phi) is 5.30. The molecule has 1 heterocycles. The molecule has 2 aliphatic rings. The molecule has 1 unspecified atom stereocenters. The van der Waals surface area contributed by atoms with E-state index in [-0.39, 0.29) is 6.17 Å². The zero-order chi connectivity index (χ0) is 28.3. The van der Waals surface area contributed by atoms with E-state index in [2.05, 4.69) is 168 Å². The zero-order valence-corrected chi connectivity index (χ0v) is 23.5. The molecule has 0 spiro atoms. The van der Waals surface area contributed by atoms with Gasteiger partial charge in [-0.15, -0.1) is 0 Å². The van der Waals surface area contributed by atoms with E-state index in [0.717, 1.165) is 5.69 Å². The minimum atomic E-state index is 0.0442. The van der Waals surface area contributed by atoms with Crippen LogP contribution in [0.15, 0.2) is 158 Å². The van der Waals surface area contributed by atoms with Crippen molar-refractivity contribution in [2.24, 2.45) is 0 Å². The first kappa shape index (κ1) is 24.0. The second-order valence-corrected chi connectivity index (χ2v) is 11.4. The zero-order valence-electron chi connectivity index (χ0n) is 23.5.